The number of nitrogens with one attached hydrogen (secondary N) is 1. The highest BCUT2D eigenvalue weighted by atomic mass is 16.5. The average molecular weight is 399 g/mol. The zero-order valence-corrected chi connectivity index (χ0v) is 16.8. The molecular formula is C22H30N4O3. The molecule has 1 aromatic heterocycles. The number of amides is 1. The second kappa shape index (κ2) is 9.52. The number of nitrogens with zero attached hydrogens (tertiary/aromatic N) is 2. The summed E-state index contributed by atoms with van der Waals surface area (Å²) in [5.41, 5.74) is 8.07. The van der Waals surface area contributed by atoms with Gasteiger partial charge in [0, 0.05) is 50.0 Å². The quantitative estimate of drug-likeness (QED) is 0.802. The molecule has 2 atom stereocenters. The van der Waals surface area contributed by atoms with Crippen molar-refractivity contribution in [3.05, 3.63) is 42.2 Å². The van der Waals surface area contributed by atoms with E-state index in [9.17, 15) is 4.79 Å². The second-order valence-electron chi connectivity index (χ2n) is 8.09. The third-order valence-corrected chi connectivity index (χ3v) is 5.95. The lowest BCUT2D eigenvalue weighted by atomic mass is 10.0. The monoisotopic (exact) mass is 398 g/mol. The van der Waals surface area contributed by atoms with E-state index in [-0.39, 0.29) is 17.9 Å². The van der Waals surface area contributed by atoms with Gasteiger partial charge in [-0.05, 0) is 25.7 Å². The predicted octanol–water partition coefficient (Wildman–Crippen LogP) is 2.18. The number of benzene rings is 1. The van der Waals surface area contributed by atoms with E-state index < -0.39 is 0 Å². The molecule has 0 radical (unpaired) electrons. The van der Waals surface area contributed by atoms with Crippen molar-refractivity contribution in [2.75, 3.05) is 26.3 Å². The van der Waals surface area contributed by atoms with Crippen LogP contribution in [0.15, 0.2) is 40.9 Å². The molecule has 0 saturated carbocycles. The summed E-state index contributed by atoms with van der Waals surface area (Å²) in [6.07, 6.45) is 3.72. The van der Waals surface area contributed by atoms with Crippen LogP contribution in [0.4, 0.5) is 0 Å². The van der Waals surface area contributed by atoms with Gasteiger partial charge in [-0.25, -0.2) is 0 Å². The number of nitrogens with two attached hydrogens (primary N) is 1. The van der Waals surface area contributed by atoms with E-state index >= 15 is 0 Å². The minimum Gasteiger partial charge on any atom is -0.381 e. The first-order valence-corrected chi connectivity index (χ1v) is 10.5. The van der Waals surface area contributed by atoms with Gasteiger partial charge in [-0.1, -0.05) is 35.5 Å². The number of carbonyl (C=O) groups is 1. The first kappa shape index (κ1) is 20.1. The molecule has 0 aliphatic carbocycles. The van der Waals surface area contributed by atoms with E-state index in [1.165, 1.54) is 0 Å². The van der Waals surface area contributed by atoms with Crippen molar-refractivity contribution in [2.24, 2.45) is 11.7 Å². The lowest BCUT2D eigenvalue weighted by molar-refractivity contribution is -0.126. The molecule has 2 fully saturated rings. The Morgan fingerprint density at radius 3 is 2.72 bits per heavy atom. The van der Waals surface area contributed by atoms with Crippen LogP contribution in [-0.4, -0.2) is 54.4 Å². The van der Waals surface area contributed by atoms with Crippen LogP contribution in [0.2, 0.25) is 0 Å². The average Bonchev–Trinajstić information content (AvgIpc) is 3.15. The Hall–Kier alpha value is -2.22. The second-order valence-corrected chi connectivity index (χ2v) is 8.09. The summed E-state index contributed by atoms with van der Waals surface area (Å²) in [6, 6.07) is 12.3. The Bertz CT molecular complexity index is 788. The number of hydrogen-bond acceptors (Lipinski definition) is 6. The maximum atomic E-state index is 12.9. The molecule has 1 amide bonds. The van der Waals surface area contributed by atoms with Gasteiger partial charge in [-0.2, -0.15) is 0 Å². The third-order valence-electron chi connectivity index (χ3n) is 5.95. The van der Waals surface area contributed by atoms with Crippen LogP contribution in [0, 0.1) is 5.92 Å². The summed E-state index contributed by atoms with van der Waals surface area (Å²) in [6.45, 7) is 3.55. The van der Waals surface area contributed by atoms with E-state index in [0.717, 1.165) is 63.2 Å². The van der Waals surface area contributed by atoms with Crippen LogP contribution in [0.1, 0.15) is 31.4 Å². The minimum absolute atomic E-state index is 0.0529. The maximum absolute atomic E-state index is 12.9. The first-order chi connectivity index (χ1) is 14.2. The van der Waals surface area contributed by atoms with Crippen molar-refractivity contribution in [2.45, 2.75) is 44.3 Å². The zero-order chi connectivity index (χ0) is 20.1. The van der Waals surface area contributed by atoms with Gasteiger partial charge in [0.05, 0.1) is 12.5 Å². The molecule has 2 aliphatic heterocycles. The molecule has 3 N–H and O–H groups in total. The molecule has 2 aromatic rings. The lowest BCUT2D eigenvalue weighted by Crippen LogP contribution is -2.47. The van der Waals surface area contributed by atoms with Gasteiger partial charge >= 0.3 is 0 Å². The van der Waals surface area contributed by atoms with E-state index in [0.29, 0.717) is 18.3 Å². The van der Waals surface area contributed by atoms with Crippen LogP contribution in [-0.2, 0) is 16.1 Å². The van der Waals surface area contributed by atoms with Gasteiger partial charge in [0.25, 0.3) is 0 Å². The van der Waals surface area contributed by atoms with Crippen molar-refractivity contribution in [3.63, 3.8) is 0 Å². The molecule has 7 heteroatoms. The summed E-state index contributed by atoms with van der Waals surface area (Å²) in [5, 5.41) is 7.15. The molecule has 2 saturated heterocycles. The van der Waals surface area contributed by atoms with Crippen LogP contribution in [0.3, 0.4) is 0 Å². The standard InChI is InChI=1S/C22H30N4O3/c23-18-7-6-17(14-26(15-18)19-8-10-28-11-9-19)22(27)24-13-20-12-21(25-29-20)16-4-2-1-3-5-16/h1-5,12,17-19H,6-11,13-15,23H2,(H,24,27)/t17-,18+/m1/s1. The molecule has 7 nitrogen and oxygen atoms in total. The summed E-state index contributed by atoms with van der Waals surface area (Å²) >= 11 is 0. The Balaban J connectivity index is 1.34. The fourth-order valence-corrected chi connectivity index (χ4v) is 4.28. The topological polar surface area (TPSA) is 93.6 Å². The fraction of sp³-hybridized carbons (Fsp3) is 0.545. The van der Waals surface area contributed by atoms with Crippen molar-refractivity contribution in [3.8, 4) is 11.3 Å². The number of ether oxygens (including phenoxy) is 1. The number of hydrogen-bond donors (Lipinski definition) is 2. The predicted molar refractivity (Wildman–Crippen MR) is 110 cm³/mol. The summed E-state index contributed by atoms with van der Waals surface area (Å²) < 4.78 is 10.9. The van der Waals surface area contributed by atoms with Crippen molar-refractivity contribution in [1.82, 2.24) is 15.4 Å². The van der Waals surface area contributed by atoms with Crippen molar-refractivity contribution >= 4 is 5.91 Å². The zero-order valence-electron chi connectivity index (χ0n) is 16.8. The largest absolute Gasteiger partial charge is 0.381 e. The maximum Gasteiger partial charge on any atom is 0.224 e. The minimum atomic E-state index is -0.0529. The fourth-order valence-electron chi connectivity index (χ4n) is 4.28. The molecule has 4 rings (SSSR count). The molecule has 0 unspecified atom stereocenters. The van der Waals surface area contributed by atoms with Gasteiger partial charge in [0.1, 0.15) is 5.69 Å². The highest BCUT2D eigenvalue weighted by molar-refractivity contribution is 5.78. The first-order valence-electron chi connectivity index (χ1n) is 10.5. The van der Waals surface area contributed by atoms with Crippen LogP contribution in [0.5, 0.6) is 0 Å². The summed E-state index contributed by atoms with van der Waals surface area (Å²) in [4.78, 5) is 15.3. The van der Waals surface area contributed by atoms with Gasteiger partial charge < -0.3 is 20.3 Å². The Kier molecular flexibility index (Phi) is 6.59. The van der Waals surface area contributed by atoms with Gasteiger partial charge in [0.2, 0.25) is 5.91 Å². The van der Waals surface area contributed by atoms with Gasteiger partial charge in [0.15, 0.2) is 5.76 Å². The Morgan fingerprint density at radius 2 is 1.93 bits per heavy atom. The summed E-state index contributed by atoms with van der Waals surface area (Å²) in [5.74, 6) is 0.667. The third kappa shape index (κ3) is 5.23. The Morgan fingerprint density at radius 1 is 1.14 bits per heavy atom. The summed E-state index contributed by atoms with van der Waals surface area (Å²) in [7, 11) is 0. The van der Waals surface area contributed by atoms with Gasteiger partial charge in [-0.15, -0.1) is 0 Å². The molecule has 0 spiro atoms. The van der Waals surface area contributed by atoms with Crippen molar-refractivity contribution < 1.29 is 14.1 Å². The van der Waals surface area contributed by atoms with Gasteiger partial charge in [-0.3, -0.25) is 9.69 Å². The van der Waals surface area contributed by atoms with Crippen LogP contribution < -0.4 is 11.1 Å². The van der Waals surface area contributed by atoms with E-state index in [2.05, 4.69) is 15.4 Å². The molecule has 0 bridgehead atoms. The molecular weight excluding hydrogens is 368 g/mol. The highest BCUT2D eigenvalue weighted by Gasteiger charge is 2.31. The number of rotatable bonds is 5. The lowest BCUT2D eigenvalue weighted by Gasteiger charge is -2.35. The SMILES string of the molecule is N[C@H]1CC[C@@H](C(=O)NCc2cc(-c3ccccc3)no2)CN(C2CCOCC2)C1. The van der Waals surface area contributed by atoms with E-state index in [1.807, 2.05) is 36.4 Å². The molecule has 2 aliphatic rings. The number of carbonyl (C=O) groups excluding carboxylic acids is 1. The Labute approximate surface area is 171 Å². The molecule has 1 aromatic carbocycles. The number of likely N-dealkylation sites (tertiary alicyclic amines) is 1. The normalized spacial score (nSPS) is 24.2. The smallest absolute Gasteiger partial charge is 0.224 e. The molecule has 29 heavy (non-hydrogen) atoms. The van der Waals surface area contributed by atoms with E-state index in [1.54, 1.807) is 0 Å². The van der Waals surface area contributed by atoms with E-state index in [4.69, 9.17) is 15.0 Å². The van der Waals surface area contributed by atoms with Crippen molar-refractivity contribution in [1.29, 1.82) is 0 Å². The van der Waals surface area contributed by atoms with Crippen LogP contribution >= 0.6 is 0 Å². The van der Waals surface area contributed by atoms with Crippen LogP contribution in [0.25, 0.3) is 11.3 Å². The molecule has 3 heterocycles. The number of aromatic nitrogens is 1. The highest BCUT2D eigenvalue weighted by Crippen LogP contribution is 2.23. The molecule has 156 valence electrons.